The molecule has 2 rings (SSSR count). The number of hydrogen-bond acceptors (Lipinski definition) is 4. The predicted octanol–water partition coefficient (Wildman–Crippen LogP) is 0.145. The molecule has 0 saturated heterocycles. The topological polar surface area (TPSA) is 84.2 Å². The van der Waals surface area contributed by atoms with E-state index >= 15 is 0 Å². The van der Waals surface area contributed by atoms with Gasteiger partial charge in [0.2, 0.25) is 0 Å². The number of nitrogens with two attached hydrogens (primary N) is 1. The van der Waals surface area contributed by atoms with Crippen molar-refractivity contribution >= 4 is 21.5 Å². The van der Waals surface area contributed by atoms with E-state index in [0.29, 0.717) is 6.54 Å². The number of hydrogen-bond donors (Lipinski definition) is 3. The van der Waals surface area contributed by atoms with Crippen LogP contribution < -0.4 is 15.2 Å². The van der Waals surface area contributed by atoms with E-state index in [9.17, 15) is 8.42 Å². The fraction of sp³-hybridized carbons (Fsp3) is 0.455. The smallest absolute Gasteiger partial charge is 0.277 e. The first kappa shape index (κ1) is 13.5. The van der Waals surface area contributed by atoms with E-state index in [1.165, 1.54) is 11.3 Å². The van der Waals surface area contributed by atoms with Gasteiger partial charge >= 0.3 is 0 Å². The van der Waals surface area contributed by atoms with Gasteiger partial charge in [-0.25, -0.2) is 0 Å². The fourth-order valence-electron chi connectivity index (χ4n) is 1.32. The maximum atomic E-state index is 11.6. The molecule has 0 radical (unpaired) electrons. The Kier molecular flexibility index (Phi) is 4.37. The molecule has 0 bridgehead atoms. The van der Waals surface area contributed by atoms with E-state index in [-0.39, 0.29) is 12.6 Å². The van der Waals surface area contributed by atoms with Gasteiger partial charge in [0, 0.05) is 28.4 Å². The van der Waals surface area contributed by atoms with Crippen molar-refractivity contribution < 1.29 is 8.42 Å². The Hall–Kier alpha value is -0.910. The molecule has 5 nitrogen and oxygen atoms in total. The summed E-state index contributed by atoms with van der Waals surface area (Å²) in [4.78, 5) is 0.928. The van der Waals surface area contributed by atoms with E-state index in [1.807, 2.05) is 11.4 Å². The molecule has 4 N–H and O–H groups in total. The highest BCUT2D eigenvalue weighted by atomic mass is 32.2. The molecule has 1 aromatic rings. The summed E-state index contributed by atoms with van der Waals surface area (Å²) in [5, 5.41) is 1.89. The summed E-state index contributed by atoms with van der Waals surface area (Å²) in [6, 6.07) is 1.99. The number of nitrogens with one attached hydrogen (secondary N) is 2. The third-order valence-electron chi connectivity index (χ3n) is 2.32. The Balaban J connectivity index is 1.87. The van der Waals surface area contributed by atoms with Crippen molar-refractivity contribution in [3.8, 4) is 11.8 Å². The molecule has 0 unspecified atom stereocenters. The SMILES string of the molecule is NCC#Cc1csc(CNS(=O)(=O)NC2CC2)c1. The summed E-state index contributed by atoms with van der Waals surface area (Å²) in [7, 11) is -3.37. The molecule has 18 heavy (non-hydrogen) atoms. The molecule has 7 heteroatoms. The van der Waals surface area contributed by atoms with Crippen molar-refractivity contribution in [2.75, 3.05) is 6.54 Å². The van der Waals surface area contributed by atoms with Gasteiger partial charge in [0.15, 0.2) is 0 Å². The largest absolute Gasteiger partial charge is 0.320 e. The van der Waals surface area contributed by atoms with Crippen LogP contribution in [-0.4, -0.2) is 21.0 Å². The van der Waals surface area contributed by atoms with Gasteiger partial charge in [-0.1, -0.05) is 11.8 Å². The molecule has 0 aliphatic heterocycles. The maximum Gasteiger partial charge on any atom is 0.277 e. The average Bonchev–Trinajstić information content (AvgIpc) is 3.00. The highest BCUT2D eigenvalue weighted by molar-refractivity contribution is 7.87. The van der Waals surface area contributed by atoms with Gasteiger partial charge in [0.05, 0.1) is 6.54 Å². The van der Waals surface area contributed by atoms with E-state index in [1.54, 1.807) is 0 Å². The summed E-state index contributed by atoms with van der Waals surface area (Å²) < 4.78 is 28.2. The van der Waals surface area contributed by atoms with Crippen molar-refractivity contribution in [1.82, 2.24) is 9.44 Å². The fourth-order valence-corrected chi connectivity index (χ4v) is 3.27. The van der Waals surface area contributed by atoms with E-state index in [0.717, 1.165) is 23.3 Å². The predicted molar refractivity (Wildman–Crippen MR) is 72.2 cm³/mol. The van der Waals surface area contributed by atoms with Gasteiger partial charge in [0.1, 0.15) is 0 Å². The normalized spacial score (nSPS) is 15.2. The molecule has 1 aliphatic carbocycles. The van der Waals surface area contributed by atoms with Gasteiger partial charge < -0.3 is 5.73 Å². The molecular formula is C11H15N3O2S2. The lowest BCUT2D eigenvalue weighted by atomic mass is 10.3. The summed E-state index contributed by atoms with van der Waals surface area (Å²) in [5.74, 6) is 5.66. The van der Waals surface area contributed by atoms with Crippen molar-refractivity contribution in [3.63, 3.8) is 0 Å². The molecule has 1 aliphatic rings. The quantitative estimate of drug-likeness (QED) is 0.673. The molecule has 98 valence electrons. The minimum Gasteiger partial charge on any atom is -0.320 e. The van der Waals surface area contributed by atoms with Crippen molar-refractivity contribution in [2.45, 2.75) is 25.4 Å². The standard InChI is InChI=1S/C11H15N3O2S2/c12-5-1-2-9-6-11(17-8-9)7-13-18(15,16)14-10-3-4-10/h6,8,10,13-14H,3-5,7,12H2. The van der Waals surface area contributed by atoms with Crippen molar-refractivity contribution in [1.29, 1.82) is 0 Å². The van der Waals surface area contributed by atoms with Gasteiger partial charge in [-0.15, -0.1) is 11.3 Å². The Morgan fingerprint density at radius 3 is 2.94 bits per heavy atom. The third-order valence-corrected chi connectivity index (χ3v) is 4.43. The Bertz CT molecular complexity index is 565. The van der Waals surface area contributed by atoms with Crippen LogP contribution in [0.2, 0.25) is 0 Å². The first-order valence-corrected chi connectivity index (χ1v) is 7.98. The molecule has 1 aromatic heterocycles. The summed E-state index contributed by atoms with van der Waals surface area (Å²) in [5.41, 5.74) is 6.15. The monoisotopic (exact) mass is 285 g/mol. The maximum absolute atomic E-state index is 11.6. The molecule has 1 fully saturated rings. The Morgan fingerprint density at radius 2 is 2.28 bits per heavy atom. The molecule has 0 aromatic carbocycles. The Morgan fingerprint density at radius 1 is 1.50 bits per heavy atom. The van der Waals surface area contributed by atoms with Gasteiger partial charge in [-0.3, -0.25) is 0 Å². The lowest BCUT2D eigenvalue weighted by Gasteiger charge is -2.05. The average molecular weight is 285 g/mol. The second kappa shape index (κ2) is 5.82. The van der Waals surface area contributed by atoms with Crippen molar-refractivity contribution in [2.24, 2.45) is 5.73 Å². The second-order valence-electron chi connectivity index (χ2n) is 4.02. The van der Waals surface area contributed by atoms with E-state index < -0.39 is 10.2 Å². The lowest BCUT2D eigenvalue weighted by Crippen LogP contribution is -2.37. The van der Waals surface area contributed by atoms with Crippen LogP contribution in [0.5, 0.6) is 0 Å². The minimum atomic E-state index is -3.37. The summed E-state index contributed by atoms with van der Waals surface area (Å²) >= 11 is 1.48. The van der Waals surface area contributed by atoms with Crippen LogP contribution in [0.4, 0.5) is 0 Å². The van der Waals surface area contributed by atoms with E-state index in [4.69, 9.17) is 5.73 Å². The number of thiophene rings is 1. The van der Waals surface area contributed by atoms with Crippen LogP contribution in [0, 0.1) is 11.8 Å². The molecule has 1 heterocycles. The minimum absolute atomic E-state index is 0.122. The lowest BCUT2D eigenvalue weighted by molar-refractivity contribution is 0.566. The van der Waals surface area contributed by atoms with Crippen LogP contribution >= 0.6 is 11.3 Å². The van der Waals surface area contributed by atoms with Crippen LogP contribution in [-0.2, 0) is 16.8 Å². The highest BCUT2D eigenvalue weighted by Gasteiger charge is 2.26. The molecular weight excluding hydrogens is 270 g/mol. The zero-order valence-electron chi connectivity index (χ0n) is 9.77. The molecule has 1 saturated carbocycles. The molecule has 0 atom stereocenters. The second-order valence-corrected chi connectivity index (χ2v) is 6.55. The highest BCUT2D eigenvalue weighted by Crippen LogP contribution is 2.19. The van der Waals surface area contributed by atoms with Gasteiger partial charge in [-0.2, -0.15) is 17.9 Å². The summed E-state index contributed by atoms with van der Waals surface area (Å²) in [6.45, 7) is 0.611. The van der Waals surface area contributed by atoms with E-state index in [2.05, 4.69) is 21.3 Å². The van der Waals surface area contributed by atoms with Gasteiger partial charge in [-0.05, 0) is 18.9 Å². The van der Waals surface area contributed by atoms with Gasteiger partial charge in [0.25, 0.3) is 10.2 Å². The van der Waals surface area contributed by atoms with Crippen LogP contribution in [0.15, 0.2) is 11.4 Å². The molecule has 0 spiro atoms. The Labute approximate surface area is 111 Å². The van der Waals surface area contributed by atoms with Crippen LogP contribution in [0.3, 0.4) is 0 Å². The van der Waals surface area contributed by atoms with Crippen LogP contribution in [0.25, 0.3) is 0 Å². The van der Waals surface area contributed by atoms with Crippen molar-refractivity contribution in [3.05, 3.63) is 21.9 Å². The molecule has 0 amide bonds. The zero-order valence-corrected chi connectivity index (χ0v) is 11.4. The third kappa shape index (κ3) is 4.40. The summed E-state index contributed by atoms with van der Waals surface area (Å²) in [6.07, 6.45) is 1.86. The number of rotatable bonds is 5. The first-order chi connectivity index (χ1) is 8.59. The first-order valence-electron chi connectivity index (χ1n) is 5.62. The van der Waals surface area contributed by atoms with Crippen LogP contribution in [0.1, 0.15) is 23.3 Å². The zero-order chi connectivity index (χ0) is 13.0.